The molecule has 0 unspecified atom stereocenters. The van der Waals surface area contributed by atoms with E-state index < -0.39 is 11.9 Å². The van der Waals surface area contributed by atoms with E-state index in [4.69, 9.17) is 13.9 Å². The molecule has 0 fully saturated rings. The van der Waals surface area contributed by atoms with Crippen LogP contribution in [-0.4, -0.2) is 19.0 Å². The van der Waals surface area contributed by atoms with E-state index in [0.717, 1.165) is 14.9 Å². The van der Waals surface area contributed by atoms with Gasteiger partial charge >= 0.3 is 5.97 Å². The van der Waals surface area contributed by atoms with Crippen molar-refractivity contribution in [3.8, 4) is 5.75 Å². The number of ether oxygens (including phenoxy) is 2. The van der Waals surface area contributed by atoms with Gasteiger partial charge in [-0.05, 0) is 83.6 Å². The van der Waals surface area contributed by atoms with E-state index in [1.165, 1.54) is 7.11 Å². The zero-order chi connectivity index (χ0) is 20.1. The normalized spacial score (nSPS) is 10.4. The summed E-state index contributed by atoms with van der Waals surface area (Å²) in [6.45, 7) is 2.05. The van der Waals surface area contributed by atoms with Crippen molar-refractivity contribution in [2.75, 3.05) is 12.4 Å². The molecule has 0 aliphatic heterocycles. The second-order valence-corrected chi connectivity index (χ2v) is 7.23. The third-order valence-electron chi connectivity index (χ3n) is 3.99. The van der Waals surface area contributed by atoms with Gasteiger partial charge < -0.3 is 19.2 Å². The van der Waals surface area contributed by atoms with Crippen LogP contribution in [0.15, 0.2) is 59.0 Å². The molecule has 6 nitrogen and oxygen atoms in total. The summed E-state index contributed by atoms with van der Waals surface area (Å²) in [5.74, 6) is 0.528. The van der Waals surface area contributed by atoms with Crippen molar-refractivity contribution in [3.63, 3.8) is 0 Å². The highest BCUT2D eigenvalue weighted by atomic mass is 127. The Balaban J connectivity index is 1.65. The number of hydrogen-bond donors (Lipinski definition) is 1. The monoisotopic (exact) mass is 491 g/mol. The Morgan fingerprint density at radius 3 is 2.54 bits per heavy atom. The van der Waals surface area contributed by atoms with Gasteiger partial charge in [-0.15, -0.1) is 0 Å². The van der Waals surface area contributed by atoms with E-state index in [1.807, 2.05) is 31.2 Å². The van der Waals surface area contributed by atoms with Crippen molar-refractivity contribution >= 4 is 40.2 Å². The summed E-state index contributed by atoms with van der Waals surface area (Å²) < 4.78 is 17.1. The number of hydrogen-bond acceptors (Lipinski definition) is 5. The van der Waals surface area contributed by atoms with Gasteiger partial charge in [-0.3, -0.25) is 4.79 Å². The maximum absolute atomic E-state index is 12.5. The van der Waals surface area contributed by atoms with Gasteiger partial charge in [0, 0.05) is 9.26 Å². The first kappa shape index (κ1) is 19.9. The minimum absolute atomic E-state index is 0.157. The van der Waals surface area contributed by atoms with Crippen LogP contribution in [0, 0.1) is 10.5 Å². The van der Waals surface area contributed by atoms with Gasteiger partial charge in [-0.1, -0.05) is 6.07 Å². The summed E-state index contributed by atoms with van der Waals surface area (Å²) in [4.78, 5) is 24.2. The van der Waals surface area contributed by atoms with Crippen molar-refractivity contribution in [1.29, 1.82) is 0 Å². The first-order chi connectivity index (χ1) is 13.5. The summed E-state index contributed by atoms with van der Waals surface area (Å²) in [5.41, 5.74) is 1.69. The Morgan fingerprint density at radius 1 is 1.07 bits per heavy atom. The van der Waals surface area contributed by atoms with Crippen molar-refractivity contribution in [2.24, 2.45) is 0 Å². The van der Waals surface area contributed by atoms with Crippen LogP contribution >= 0.6 is 22.6 Å². The second kappa shape index (κ2) is 8.92. The fourth-order valence-corrected chi connectivity index (χ4v) is 2.81. The maximum Gasteiger partial charge on any atom is 0.337 e. The van der Waals surface area contributed by atoms with Gasteiger partial charge in [0.1, 0.15) is 18.1 Å². The van der Waals surface area contributed by atoms with Crippen molar-refractivity contribution in [1.82, 2.24) is 0 Å². The molecule has 1 amide bonds. The second-order valence-electron chi connectivity index (χ2n) is 5.98. The van der Waals surface area contributed by atoms with Gasteiger partial charge in [-0.2, -0.15) is 0 Å². The van der Waals surface area contributed by atoms with Gasteiger partial charge in [0.2, 0.25) is 0 Å². The number of nitrogens with one attached hydrogen (secondary N) is 1. The van der Waals surface area contributed by atoms with Crippen LogP contribution < -0.4 is 10.1 Å². The molecule has 1 aromatic heterocycles. The summed E-state index contributed by atoms with van der Waals surface area (Å²) in [5, 5.41) is 2.76. The number of amides is 1. The summed E-state index contributed by atoms with van der Waals surface area (Å²) >= 11 is 2.22. The van der Waals surface area contributed by atoms with Gasteiger partial charge in [0.25, 0.3) is 5.91 Å². The molecular weight excluding hydrogens is 473 g/mol. The molecule has 0 aliphatic carbocycles. The van der Waals surface area contributed by atoms with Crippen molar-refractivity contribution in [2.45, 2.75) is 13.5 Å². The number of methoxy groups -OCH3 is 1. The Kier molecular flexibility index (Phi) is 6.35. The molecule has 0 bridgehead atoms. The topological polar surface area (TPSA) is 77.8 Å². The average molecular weight is 491 g/mol. The molecule has 0 radical (unpaired) electrons. The lowest BCUT2D eigenvalue weighted by atomic mass is 10.1. The molecular formula is C21H18INO5. The van der Waals surface area contributed by atoms with E-state index >= 15 is 0 Å². The smallest absolute Gasteiger partial charge is 0.337 e. The first-order valence-corrected chi connectivity index (χ1v) is 9.51. The van der Waals surface area contributed by atoms with Crippen LogP contribution in [-0.2, 0) is 11.3 Å². The maximum atomic E-state index is 12.5. The lowest BCUT2D eigenvalue weighted by Crippen LogP contribution is -2.13. The quantitative estimate of drug-likeness (QED) is 0.396. The van der Waals surface area contributed by atoms with Gasteiger partial charge in [-0.25, -0.2) is 4.79 Å². The zero-order valence-corrected chi connectivity index (χ0v) is 17.5. The van der Waals surface area contributed by atoms with E-state index in [0.29, 0.717) is 17.0 Å². The molecule has 3 aromatic rings. The number of rotatable bonds is 6. The molecule has 0 atom stereocenters. The van der Waals surface area contributed by atoms with Crippen LogP contribution in [0.1, 0.15) is 32.2 Å². The van der Waals surface area contributed by atoms with Crippen LogP contribution in [0.5, 0.6) is 5.75 Å². The lowest BCUT2D eigenvalue weighted by Gasteiger charge is -2.09. The Hall–Kier alpha value is -2.81. The summed E-state index contributed by atoms with van der Waals surface area (Å²) in [7, 11) is 1.31. The first-order valence-electron chi connectivity index (χ1n) is 8.43. The number of esters is 1. The fraction of sp³-hybridized carbons (Fsp3) is 0.143. The van der Waals surface area contributed by atoms with Crippen molar-refractivity contribution < 1.29 is 23.5 Å². The highest BCUT2D eigenvalue weighted by Crippen LogP contribution is 2.20. The Morgan fingerprint density at radius 2 is 1.82 bits per heavy atom. The third-order valence-corrected chi connectivity index (χ3v) is 4.71. The van der Waals surface area contributed by atoms with Crippen LogP contribution in [0.4, 0.5) is 5.69 Å². The zero-order valence-electron chi connectivity index (χ0n) is 15.3. The molecule has 3 rings (SSSR count). The van der Waals surface area contributed by atoms with E-state index in [1.54, 1.807) is 30.3 Å². The molecule has 0 spiro atoms. The Bertz CT molecular complexity index is 994. The minimum atomic E-state index is -0.469. The van der Waals surface area contributed by atoms with Crippen LogP contribution in [0.25, 0.3) is 0 Å². The number of halogens is 1. The highest BCUT2D eigenvalue weighted by Gasteiger charge is 2.15. The van der Waals surface area contributed by atoms with Gasteiger partial charge in [0.15, 0.2) is 5.76 Å². The molecule has 1 heterocycles. The molecule has 0 saturated carbocycles. The van der Waals surface area contributed by atoms with E-state index in [-0.39, 0.29) is 12.4 Å². The predicted molar refractivity (Wildman–Crippen MR) is 113 cm³/mol. The number of carbonyl (C=O) groups is 2. The Labute approximate surface area is 176 Å². The SMILES string of the molecule is COC(=O)c1ccc(C)c(NC(=O)c2ccc(COc3ccc(I)cc3)o2)c1. The fourth-order valence-electron chi connectivity index (χ4n) is 2.45. The molecule has 2 aromatic carbocycles. The minimum Gasteiger partial charge on any atom is -0.486 e. The van der Waals surface area contributed by atoms with Crippen molar-refractivity contribution in [3.05, 3.63) is 80.8 Å². The third kappa shape index (κ3) is 4.92. The number of carbonyl (C=O) groups excluding carboxylic acids is 2. The summed E-state index contributed by atoms with van der Waals surface area (Å²) in [6, 6.07) is 15.9. The predicted octanol–water partition coefficient (Wildman–Crippen LogP) is 4.81. The van der Waals surface area contributed by atoms with Crippen LogP contribution in [0.3, 0.4) is 0 Å². The molecule has 0 saturated heterocycles. The molecule has 7 heteroatoms. The van der Waals surface area contributed by atoms with E-state index in [2.05, 4.69) is 27.9 Å². The number of furan rings is 1. The standard InChI is InChI=1S/C21H18INO5/c1-13-3-4-14(21(25)26-2)11-18(13)23-20(24)19-10-9-17(28-19)12-27-16-7-5-15(22)6-8-16/h3-11H,12H2,1-2H3,(H,23,24). The largest absolute Gasteiger partial charge is 0.486 e. The number of anilines is 1. The van der Waals surface area contributed by atoms with Gasteiger partial charge in [0.05, 0.1) is 12.7 Å². The molecule has 144 valence electrons. The highest BCUT2D eigenvalue weighted by molar-refractivity contribution is 14.1. The molecule has 28 heavy (non-hydrogen) atoms. The van der Waals surface area contributed by atoms with E-state index in [9.17, 15) is 9.59 Å². The average Bonchev–Trinajstić information content (AvgIpc) is 3.18. The number of aryl methyl sites for hydroxylation is 1. The lowest BCUT2D eigenvalue weighted by molar-refractivity contribution is 0.0600. The van der Waals surface area contributed by atoms with Crippen LogP contribution in [0.2, 0.25) is 0 Å². The number of benzene rings is 2. The molecule has 1 N–H and O–H groups in total. The summed E-state index contributed by atoms with van der Waals surface area (Å²) in [6.07, 6.45) is 0. The molecule has 0 aliphatic rings.